The Morgan fingerprint density at radius 2 is 2.00 bits per heavy atom. The first kappa shape index (κ1) is 13.2. The quantitative estimate of drug-likeness (QED) is 0.874. The highest BCUT2D eigenvalue weighted by molar-refractivity contribution is 5.52. The average molecular weight is 271 g/mol. The third kappa shape index (κ3) is 3.42. The number of nitrogens with one attached hydrogen (secondary N) is 1. The van der Waals surface area contributed by atoms with Crippen LogP contribution in [0.5, 0.6) is 0 Å². The van der Waals surface area contributed by atoms with Gasteiger partial charge in [-0.1, -0.05) is 44.2 Å². The Morgan fingerprint density at radius 1 is 1.25 bits per heavy atom. The molecule has 3 rings (SSSR count). The second-order valence-electron chi connectivity index (χ2n) is 6.33. The predicted octanol–water partition coefficient (Wildman–Crippen LogP) is 2.12. The van der Waals surface area contributed by atoms with Crippen molar-refractivity contribution >= 4 is 0 Å². The van der Waals surface area contributed by atoms with E-state index < -0.39 is 0 Å². The molecule has 0 aliphatic heterocycles. The first-order valence-electron chi connectivity index (χ1n) is 7.19. The highest BCUT2D eigenvalue weighted by Gasteiger charge is 2.26. The van der Waals surface area contributed by atoms with Gasteiger partial charge in [-0.25, -0.2) is 0 Å². The molecule has 1 aromatic carbocycles. The van der Waals surface area contributed by atoms with Crippen LogP contribution >= 0.6 is 0 Å². The van der Waals surface area contributed by atoms with Crippen LogP contribution in [0.25, 0.3) is 11.4 Å². The summed E-state index contributed by atoms with van der Waals surface area (Å²) < 4.78 is 0. The van der Waals surface area contributed by atoms with Crippen LogP contribution in [0, 0.1) is 5.41 Å². The Hall–Kier alpha value is -1.75. The van der Waals surface area contributed by atoms with Gasteiger partial charge in [-0.05, 0) is 23.5 Å². The fourth-order valence-corrected chi connectivity index (χ4v) is 2.16. The van der Waals surface area contributed by atoms with Gasteiger partial charge in [-0.3, -0.25) is 0 Å². The third-order valence-electron chi connectivity index (χ3n) is 3.50. The second kappa shape index (κ2) is 5.32. The molecule has 1 fully saturated rings. The molecule has 1 aromatic heterocycles. The molecule has 1 heterocycles. The van der Waals surface area contributed by atoms with Crippen molar-refractivity contribution in [2.75, 3.05) is 6.54 Å². The van der Waals surface area contributed by atoms with Crippen molar-refractivity contribution in [3.63, 3.8) is 0 Å². The lowest BCUT2D eigenvalue weighted by molar-refractivity contribution is 0.257. The van der Waals surface area contributed by atoms with Crippen LogP contribution < -0.4 is 5.32 Å². The Kier molecular flexibility index (Phi) is 3.53. The van der Waals surface area contributed by atoms with Gasteiger partial charge in [0.15, 0.2) is 0 Å². The molecule has 0 atom stereocenters. The van der Waals surface area contributed by atoms with Crippen molar-refractivity contribution < 1.29 is 0 Å². The molecule has 0 saturated heterocycles. The molecule has 1 N–H and O–H groups in total. The number of rotatable bonds is 6. The van der Waals surface area contributed by atoms with E-state index in [-0.39, 0.29) is 5.41 Å². The summed E-state index contributed by atoms with van der Waals surface area (Å²) in [5.74, 6) is 0.691. The topological polar surface area (TPSA) is 55.6 Å². The molecule has 0 spiro atoms. The predicted molar refractivity (Wildman–Crippen MR) is 78.1 cm³/mol. The van der Waals surface area contributed by atoms with Crippen molar-refractivity contribution in [1.82, 2.24) is 25.5 Å². The van der Waals surface area contributed by atoms with E-state index in [0.717, 1.165) is 24.7 Å². The molecule has 20 heavy (non-hydrogen) atoms. The minimum atomic E-state index is 0.122. The van der Waals surface area contributed by atoms with E-state index in [4.69, 9.17) is 0 Å². The minimum absolute atomic E-state index is 0.122. The molecule has 5 heteroatoms. The zero-order chi connectivity index (χ0) is 14.0. The first-order valence-corrected chi connectivity index (χ1v) is 7.19. The van der Waals surface area contributed by atoms with E-state index in [2.05, 4.69) is 34.6 Å². The Bertz CT molecular complexity index is 557. The number of tetrazole rings is 1. The molecule has 0 bridgehead atoms. The van der Waals surface area contributed by atoms with Gasteiger partial charge >= 0.3 is 0 Å². The number of hydrogen-bond donors (Lipinski definition) is 1. The van der Waals surface area contributed by atoms with Crippen LogP contribution in [0.15, 0.2) is 30.3 Å². The minimum Gasteiger partial charge on any atom is -0.313 e. The fraction of sp³-hybridized carbons (Fsp3) is 0.533. The summed E-state index contributed by atoms with van der Waals surface area (Å²) in [5.41, 5.74) is 1.13. The molecule has 1 saturated carbocycles. The van der Waals surface area contributed by atoms with Gasteiger partial charge in [0.2, 0.25) is 5.82 Å². The Balaban J connectivity index is 1.64. The van der Waals surface area contributed by atoms with Crippen LogP contribution in [0.4, 0.5) is 0 Å². The second-order valence-corrected chi connectivity index (χ2v) is 6.33. The SMILES string of the molecule is CC(C)(CNC1CC1)Cn1nnc(-c2ccccc2)n1. The third-order valence-corrected chi connectivity index (χ3v) is 3.50. The lowest BCUT2D eigenvalue weighted by Gasteiger charge is -2.23. The van der Waals surface area contributed by atoms with Crippen LogP contribution in [0.3, 0.4) is 0 Å². The summed E-state index contributed by atoms with van der Waals surface area (Å²) in [7, 11) is 0. The first-order chi connectivity index (χ1) is 9.62. The Morgan fingerprint density at radius 3 is 2.70 bits per heavy atom. The highest BCUT2D eigenvalue weighted by Crippen LogP contribution is 2.22. The normalized spacial score (nSPS) is 15.5. The average Bonchev–Trinajstić information content (AvgIpc) is 3.17. The molecule has 0 unspecified atom stereocenters. The largest absolute Gasteiger partial charge is 0.313 e. The summed E-state index contributed by atoms with van der Waals surface area (Å²) in [4.78, 5) is 1.71. The summed E-state index contributed by atoms with van der Waals surface area (Å²) >= 11 is 0. The molecule has 5 nitrogen and oxygen atoms in total. The van der Waals surface area contributed by atoms with E-state index in [1.807, 2.05) is 30.3 Å². The van der Waals surface area contributed by atoms with Crippen molar-refractivity contribution in [2.45, 2.75) is 39.3 Å². The molecule has 0 amide bonds. The highest BCUT2D eigenvalue weighted by atomic mass is 15.6. The number of benzene rings is 1. The smallest absolute Gasteiger partial charge is 0.204 e. The van der Waals surface area contributed by atoms with E-state index in [1.54, 1.807) is 4.80 Å². The van der Waals surface area contributed by atoms with Crippen molar-refractivity contribution in [2.24, 2.45) is 5.41 Å². The zero-order valence-corrected chi connectivity index (χ0v) is 12.1. The van der Waals surface area contributed by atoms with Crippen LogP contribution in [0.2, 0.25) is 0 Å². The summed E-state index contributed by atoms with van der Waals surface area (Å²) in [6.07, 6.45) is 2.63. The van der Waals surface area contributed by atoms with E-state index in [1.165, 1.54) is 12.8 Å². The fourth-order valence-electron chi connectivity index (χ4n) is 2.16. The lowest BCUT2D eigenvalue weighted by atomic mass is 9.94. The van der Waals surface area contributed by atoms with Crippen LogP contribution in [-0.4, -0.2) is 32.8 Å². The van der Waals surface area contributed by atoms with Crippen LogP contribution in [-0.2, 0) is 6.54 Å². The zero-order valence-electron chi connectivity index (χ0n) is 12.1. The summed E-state index contributed by atoms with van der Waals surface area (Å²) in [6, 6.07) is 10.7. The number of aromatic nitrogens is 4. The van der Waals surface area contributed by atoms with Gasteiger partial charge in [0.1, 0.15) is 0 Å². The van der Waals surface area contributed by atoms with Gasteiger partial charge < -0.3 is 5.32 Å². The van der Waals surface area contributed by atoms with Crippen LogP contribution in [0.1, 0.15) is 26.7 Å². The van der Waals surface area contributed by atoms with Crippen molar-refractivity contribution in [1.29, 1.82) is 0 Å². The maximum Gasteiger partial charge on any atom is 0.204 e. The summed E-state index contributed by atoms with van der Waals surface area (Å²) in [6.45, 7) is 6.22. The van der Waals surface area contributed by atoms with Gasteiger partial charge in [-0.15, -0.1) is 10.2 Å². The van der Waals surface area contributed by atoms with E-state index in [0.29, 0.717) is 5.82 Å². The molecule has 1 aliphatic rings. The maximum absolute atomic E-state index is 4.48. The van der Waals surface area contributed by atoms with E-state index in [9.17, 15) is 0 Å². The van der Waals surface area contributed by atoms with Crippen molar-refractivity contribution in [3.8, 4) is 11.4 Å². The summed E-state index contributed by atoms with van der Waals surface area (Å²) in [5, 5.41) is 16.3. The molecule has 0 radical (unpaired) electrons. The number of nitrogens with zero attached hydrogens (tertiary/aromatic N) is 4. The maximum atomic E-state index is 4.48. The van der Waals surface area contributed by atoms with Gasteiger partial charge in [-0.2, -0.15) is 4.80 Å². The monoisotopic (exact) mass is 271 g/mol. The number of hydrogen-bond acceptors (Lipinski definition) is 4. The van der Waals surface area contributed by atoms with Gasteiger partial charge in [0.25, 0.3) is 0 Å². The molecule has 2 aromatic rings. The van der Waals surface area contributed by atoms with E-state index >= 15 is 0 Å². The molecule has 106 valence electrons. The van der Waals surface area contributed by atoms with Gasteiger partial charge in [0, 0.05) is 18.2 Å². The molecular weight excluding hydrogens is 250 g/mol. The Labute approximate surface area is 119 Å². The van der Waals surface area contributed by atoms with Crippen molar-refractivity contribution in [3.05, 3.63) is 30.3 Å². The lowest BCUT2D eigenvalue weighted by Crippen LogP contribution is -2.34. The standard InChI is InChI=1S/C15H21N5/c1-15(2,10-16-13-8-9-13)11-20-18-14(17-19-20)12-6-4-3-5-7-12/h3-7,13,16H,8-11H2,1-2H3. The molecular formula is C15H21N5. The molecule has 1 aliphatic carbocycles. The van der Waals surface area contributed by atoms with Gasteiger partial charge in [0.05, 0.1) is 6.54 Å².